The van der Waals surface area contributed by atoms with E-state index in [0.29, 0.717) is 6.54 Å². The van der Waals surface area contributed by atoms with Crippen LogP contribution in [0.15, 0.2) is 24.3 Å². The Balaban J connectivity index is 2.06. The van der Waals surface area contributed by atoms with E-state index >= 15 is 0 Å². The number of carbonyl (C=O) groups excluding carboxylic acids is 1. The highest BCUT2D eigenvalue weighted by Gasteiger charge is 2.27. The first-order chi connectivity index (χ1) is 10.9. The van der Waals surface area contributed by atoms with E-state index in [-0.39, 0.29) is 24.9 Å². The van der Waals surface area contributed by atoms with Crippen LogP contribution in [0.2, 0.25) is 0 Å². The van der Waals surface area contributed by atoms with Gasteiger partial charge in [-0.2, -0.15) is 0 Å². The summed E-state index contributed by atoms with van der Waals surface area (Å²) in [6, 6.07) is 7.81. The summed E-state index contributed by atoms with van der Waals surface area (Å²) in [5.41, 5.74) is 1.06. The normalized spacial score (nSPS) is 18.7. The van der Waals surface area contributed by atoms with Crippen LogP contribution in [0.1, 0.15) is 37.3 Å². The summed E-state index contributed by atoms with van der Waals surface area (Å²) >= 11 is 0. The number of nitrogens with one attached hydrogen (secondary N) is 1. The zero-order valence-electron chi connectivity index (χ0n) is 13.6. The zero-order valence-corrected chi connectivity index (χ0v) is 14.4. The molecule has 0 bridgehead atoms. The molecule has 1 amide bonds. The highest BCUT2D eigenvalue weighted by molar-refractivity contribution is 7.88. The summed E-state index contributed by atoms with van der Waals surface area (Å²) in [6.45, 7) is 0.846. The maximum absolute atomic E-state index is 12.5. The Morgan fingerprint density at radius 1 is 1.39 bits per heavy atom. The van der Waals surface area contributed by atoms with Crippen LogP contribution in [0.3, 0.4) is 0 Å². The predicted octanol–water partition coefficient (Wildman–Crippen LogP) is 1.69. The fourth-order valence-corrected chi connectivity index (χ4v) is 3.39. The Morgan fingerprint density at radius 2 is 2.17 bits per heavy atom. The van der Waals surface area contributed by atoms with Crippen molar-refractivity contribution in [1.29, 1.82) is 0 Å². The molecule has 7 heteroatoms. The van der Waals surface area contributed by atoms with Gasteiger partial charge >= 0.3 is 0 Å². The quantitative estimate of drug-likeness (QED) is 0.855. The van der Waals surface area contributed by atoms with E-state index in [1.807, 2.05) is 29.2 Å². The standard InChI is InChI=1S/C16H24N2O4S/c1-22-14-7-5-6-13(12-14)15-8-3-4-11-18(15)16(19)9-10-17-23(2,20)21/h5-7,12,15,17H,3-4,8-11H2,1-2H3/t15-/m1/s1. The molecule has 0 saturated carbocycles. The van der Waals surface area contributed by atoms with Gasteiger partial charge in [0, 0.05) is 19.5 Å². The van der Waals surface area contributed by atoms with Crippen LogP contribution in [0.5, 0.6) is 5.75 Å². The van der Waals surface area contributed by atoms with Crippen molar-refractivity contribution >= 4 is 15.9 Å². The fraction of sp³-hybridized carbons (Fsp3) is 0.562. The van der Waals surface area contributed by atoms with Crippen LogP contribution in [-0.4, -0.2) is 45.7 Å². The van der Waals surface area contributed by atoms with E-state index in [2.05, 4.69) is 4.72 Å². The van der Waals surface area contributed by atoms with Gasteiger partial charge in [0.25, 0.3) is 0 Å². The van der Waals surface area contributed by atoms with Crippen LogP contribution >= 0.6 is 0 Å². The number of hydrogen-bond acceptors (Lipinski definition) is 4. The van der Waals surface area contributed by atoms with Gasteiger partial charge < -0.3 is 9.64 Å². The van der Waals surface area contributed by atoms with Crippen LogP contribution in [0.4, 0.5) is 0 Å². The fourth-order valence-electron chi connectivity index (χ4n) is 2.91. The van der Waals surface area contributed by atoms with Gasteiger partial charge in [0.1, 0.15) is 5.75 Å². The van der Waals surface area contributed by atoms with Crippen molar-refractivity contribution in [3.8, 4) is 5.75 Å². The SMILES string of the molecule is COc1cccc([C@H]2CCCCN2C(=O)CCNS(C)(=O)=O)c1. The number of nitrogens with zero attached hydrogens (tertiary/aromatic N) is 1. The maximum Gasteiger partial charge on any atom is 0.224 e. The molecule has 1 aromatic rings. The van der Waals surface area contributed by atoms with Crippen LogP contribution in [-0.2, 0) is 14.8 Å². The molecule has 1 N–H and O–H groups in total. The number of sulfonamides is 1. The molecule has 2 rings (SSSR count). The monoisotopic (exact) mass is 340 g/mol. The number of amides is 1. The topological polar surface area (TPSA) is 75.7 Å². The Kier molecular flexibility index (Phi) is 6.01. The lowest BCUT2D eigenvalue weighted by molar-refractivity contribution is -0.134. The Bertz CT molecular complexity index is 645. The molecule has 0 radical (unpaired) electrons. The van der Waals surface area contributed by atoms with Gasteiger partial charge in [-0.25, -0.2) is 13.1 Å². The number of benzene rings is 1. The van der Waals surface area contributed by atoms with Gasteiger partial charge in [-0.05, 0) is 37.0 Å². The number of methoxy groups -OCH3 is 1. The van der Waals surface area contributed by atoms with Gasteiger partial charge in [-0.1, -0.05) is 12.1 Å². The molecule has 1 aliphatic rings. The molecule has 1 aliphatic heterocycles. The first-order valence-corrected chi connectivity index (χ1v) is 9.68. The number of likely N-dealkylation sites (tertiary alicyclic amines) is 1. The summed E-state index contributed by atoms with van der Waals surface area (Å²) in [5.74, 6) is 0.757. The first kappa shape index (κ1) is 17.7. The molecule has 0 aromatic heterocycles. The van der Waals surface area contributed by atoms with Gasteiger partial charge in [0.05, 0.1) is 19.4 Å². The number of carbonyl (C=O) groups is 1. The summed E-state index contributed by atoms with van der Waals surface area (Å²) in [5, 5.41) is 0. The molecule has 0 spiro atoms. The first-order valence-electron chi connectivity index (χ1n) is 7.79. The van der Waals surface area contributed by atoms with Crippen LogP contribution in [0, 0.1) is 0 Å². The van der Waals surface area contributed by atoms with Gasteiger partial charge in [-0.3, -0.25) is 4.79 Å². The lowest BCUT2D eigenvalue weighted by Crippen LogP contribution is -2.40. The minimum absolute atomic E-state index is 0.0198. The maximum atomic E-state index is 12.5. The van der Waals surface area contributed by atoms with Crippen LogP contribution in [0.25, 0.3) is 0 Å². The molecule has 0 unspecified atom stereocenters. The van der Waals surface area contributed by atoms with E-state index in [1.54, 1.807) is 7.11 Å². The predicted molar refractivity (Wildman–Crippen MR) is 88.8 cm³/mol. The van der Waals surface area contributed by atoms with Crippen molar-refractivity contribution in [2.75, 3.05) is 26.5 Å². The molecule has 1 saturated heterocycles. The lowest BCUT2D eigenvalue weighted by Gasteiger charge is -2.36. The summed E-state index contributed by atoms with van der Waals surface area (Å²) in [6.07, 6.45) is 4.24. The molecule has 128 valence electrons. The molecule has 1 atom stereocenters. The third-order valence-electron chi connectivity index (χ3n) is 4.00. The third-order valence-corrected chi connectivity index (χ3v) is 4.73. The molecular formula is C16H24N2O4S. The molecule has 6 nitrogen and oxygen atoms in total. The Morgan fingerprint density at radius 3 is 2.87 bits per heavy atom. The molecule has 1 heterocycles. The lowest BCUT2D eigenvalue weighted by atomic mass is 9.94. The average molecular weight is 340 g/mol. The van der Waals surface area contributed by atoms with E-state index < -0.39 is 10.0 Å². The second-order valence-corrected chi connectivity index (χ2v) is 7.62. The molecule has 1 aromatic carbocycles. The van der Waals surface area contributed by atoms with Crippen molar-refractivity contribution in [3.63, 3.8) is 0 Å². The van der Waals surface area contributed by atoms with E-state index in [4.69, 9.17) is 4.74 Å². The zero-order chi connectivity index (χ0) is 16.9. The highest BCUT2D eigenvalue weighted by atomic mass is 32.2. The Labute approximate surface area is 137 Å². The molecule has 1 fully saturated rings. The molecule has 23 heavy (non-hydrogen) atoms. The summed E-state index contributed by atoms with van der Waals surface area (Å²) in [7, 11) is -1.64. The van der Waals surface area contributed by atoms with Crippen molar-refractivity contribution in [3.05, 3.63) is 29.8 Å². The van der Waals surface area contributed by atoms with Gasteiger partial charge in [0.15, 0.2) is 0 Å². The molecular weight excluding hydrogens is 316 g/mol. The summed E-state index contributed by atoms with van der Waals surface area (Å²) < 4.78 is 29.8. The number of ether oxygens (including phenoxy) is 1. The largest absolute Gasteiger partial charge is 0.497 e. The third kappa shape index (κ3) is 5.21. The number of piperidine rings is 1. The highest BCUT2D eigenvalue weighted by Crippen LogP contribution is 2.32. The Hall–Kier alpha value is -1.60. The molecule has 0 aliphatic carbocycles. The van der Waals surface area contributed by atoms with E-state index in [0.717, 1.165) is 36.8 Å². The van der Waals surface area contributed by atoms with Crippen molar-refractivity contribution < 1.29 is 17.9 Å². The van der Waals surface area contributed by atoms with E-state index in [1.165, 1.54) is 0 Å². The second kappa shape index (κ2) is 7.79. The minimum Gasteiger partial charge on any atom is -0.497 e. The number of hydrogen-bond donors (Lipinski definition) is 1. The summed E-state index contributed by atoms with van der Waals surface area (Å²) in [4.78, 5) is 14.3. The smallest absolute Gasteiger partial charge is 0.224 e. The minimum atomic E-state index is -3.26. The van der Waals surface area contributed by atoms with Crippen LogP contribution < -0.4 is 9.46 Å². The van der Waals surface area contributed by atoms with Gasteiger partial charge in [0.2, 0.25) is 15.9 Å². The van der Waals surface area contributed by atoms with E-state index in [9.17, 15) is 13.2 Å². The average Bonchev–Trinajstić information content (AvgIpc) is 2.53. The van der Waals surface area contributed by atoms with Crippen molar-refractivity contribution in [2.24, 2.45) is 0 Å². The van der Waals surface area contributed by atoms with Crippen molar-refractivity contribution in [2.45, 2.75) is 31.7 Å². The second-order valence-electron chi connectivity index (χ2n) is 5.79. The van der Waals surface area contributed by atoms with Crippen molar-refractivity contribution in [1.82, 2.24) is 9.62 Å². The number of rotatable bonds is 6. The van der Waals surface area contributed by atoms with Gasteiger partial charge in [-0.15, -0.1) is 0 Å².